The first-order valence-corrected chi connectivity index (χ1v) is 5.66. The van der Waals surface area contributed by atoms with Gasteiger partial charge < -0.3 is 9.84 Å². The van der Waals surface area contributed by atoms with Crippen LogP contribution in [0.1, 0.15) is 35.5 Å². The lowest BCUT2D eigenvalue weighted by molar-refractivity contribution is -0.173. The van der Waals surface area contributed by atoms with Gasteiger partial charge in [0, 0.05) is 12.6 Å². The Morgan fingerprint density at radius 3 is 2.65 bits per heavy atom. The minimum absolute atomic E-state index is 0.0133. The minimum Gasteiger partial charge on any atom is -0.461 e. The van der Waals surface area contributed by atoms with E-state index in [9.17, 15) is 27.9 Å². The van der Waals surface area contributed by atoms with Crippen LogP contribution in [-0.4, -0.2) is 34.6 Å². The monoisotopic (exact) mass is 291 g/mol. The van der Waals surface area contributed by atoms with Crippen LogP contribution in [0.15, 0.2) is 18.3 Å². The number of ketones is 1. The van der Waals surface area contributed by atoms with Gasteiger partial charge in [0.05, 0.1) is 12.7 Å². The standard InChI is InChI=1S/C12H12F3NO4/c1-2-20-11(19)8-5-7(3-4-16-8)9(17)6-10(18)12(13,14)15/h3-5,9,17H,2,6H2,1H3. The zero-order valence-electron chi connectivity index (χ0n) is 10.5. The Balaban J connectivity index is 2.84. The molecule has 0 radical (unpaired) electrons. The third-order valence-corrected chi connectivity index (χ3v) is 2.35. The number of hydrogen-bond acceptors (Lipinski definition) is 5. The average molecular weight is 291 g/mol. The average Bonchev–Trinajstić information content (AvgIpc) is 2.38. The molecule has 5 nitrogen and oxygen atoms in total. The van der Waals surface area contributed by atoms with Crippen molar-refractivity contribution in [2.24, 2.45) is 0 Å². The lowest BCUT2D eigenvalue weighted by Crippen LogP contribution is -2.24. The second kappa shape index (κ2) is 6.47. The fourth-order valence-electron chi connectivity index (χ4n) is 1.38. The second-order valence-corrected chi connectivity index (χ2v) is 3.84. The summed E-state index contributed by atoms with van der Waals surface area (Å²) in [5.41, 5.74) is -0.163. The summed E-state index contributed by atoms with van der Waals surface area (Å²) in [5, 5.41) is 9.59. The van der Waals surface area contributed by atoms with Crippen LogP contribution in [0, 0.1) is 0 Å². The SMILES string of the molecule is CCOC(=O)c1cc(C(O)CC(=O)C(F)(F)F)ccn1. The first kappa shape index (κ1) is 16.1. The summed E-state index contributed by atoms with van der Waals surface area (Å²) in [6, 6.07) is 2.31. The van der Waals surface area contributed by atoms with E-state index in [2.05, 4.69) is 9.72 Å². The second-order valence-electron chi connectivity index (χ2n) is 3.84. The molecule has 0 aliphatic heterocycles. The maximum Gasteiger partial charge on any atom is 0.450 e. The Morgan fingerprint density at radius 2 is 2.10 bits per heavy atom. The van der Waals surface area contributed by atoms with Crippen molar-refractivity contribution in [3.8, 4) is 0 Å². The number of aliphatic hydroxyl groups is 1. The van der Waals surface area contributed by atoms with Gasteiger partial charge in [0.1, 0.15) is 5.69 Å². The highest BCUT2D eigenvalue weighted by atomic mass is 19.4. The lowest BCUT2D eigenvalue weighted by atomic mass is 10.0. The van der Waals surface area contributed by atoms with E-state index in [-0.39, 0.29) is 17.9 Å². The Hall–Kier alpha value is -1.96. The molecule has 1 N–H and O–H groups in total. The van der Waals surface area contributed by atoms with Gasteiger partial charge in [-0.3, -0.25) is 4.79 Å². The maximum atomic E-state index is 12.1. The summed E-state index contributed by atoms with van der Waals surface area (Å²) < 4.78 is 40.9. The van der Waals surface area contributed by atoms with Gasteiger partial charge in [-0.2, -0.15) is 13.2 Å². The molecule has 1 aromatic heterocycles. The van der Waals surface area contributed by atoms with Crippen LogP contribution in [0.2, 0.25) is 0 Å². The van der Waals surface area contributed by atoms with Crippen molar-refractivity contribution < 1.29 is 32.6 Å². The highest BCUT2D eigenvalue weighted by molar-refractivity contribution is 5.87. The molecule has 0 saturated heterocycles. The number of alkyl halides is 3. The maximum absolute atomic E-state index is 12.1. The number of halogens is 3. The summed E-state index contributed by atoms with van der Waals surface area (Å²) in [6.07, 6.45) is -6.64. The van der Waals surface area contributed by atoms with Crippen molar-refractivity contribution in [2.45, 2.75) is 25.6 Å². The number of aliphatic hydroxyl groups excluding tert-OH is 1. The predicted octanol–water partition coefficient (Wildman–Crippen LogP) is 1.81. The van der Waals surface area contributed by atoms with Crippen molar-refractivity contribution in [1.82, 2.24) is 4.98 Å². The number of hydrogen-bond donors (Lipinski definition) is 1. The molecule has 0 aliphatic rings. The van der Waals surface area contributed by atoms with Gasteiger partial charge in [-0.05, 0) is 24.6 Å². The number of aromatic nitrogens is 1. The van der Waals surface area contributed by atoms with E-state index in [0.29, 0.717) is 0 Å². The van der Waals surface area contributed by atoms with E-state index in [0.717, 1.165) is 12.3 Å². The first-order chi connectivity index (χ1) is 9.25. The third kappa shape index (κ3) is 4.30. The molecule has 0 aromatic carbocycles. The van der Waals surface area contributed by atoms with E-state index in [4.69, 9.17) is 0 Å². The molecule has 1 unspecified atom stereocenters. The zero-order chi connectivity index (χ0) is 15.3. The van der Waals surface area contributed by atoms with Gasteiger partial charge in [-0.15, -0.1) is 0 Å². The molecule has 1 aromatic rings. The van der Waals surface area contributed by atoms with E-state index in [1.54, 1.807) is 6.92 Å². The van der Waals surface area contributed by atoms with Crippen LogP contribution < -0.4 is 0 Å². The summed E-state index contributed by atoms with van der Waals surface area (Å²) >= 11 is 0. The third-order valence-electron chi connectivity index (χ3n) is 2.35. The number of carbonyl (C=O) groups is 2. The van der Waals surface area contributed by atoms with E-state index in [1.165, 1.54) is 6.07 Å². The first-order valence-electron chi connectivity index (χ1n) is 5.66. The van der Waals surface area contributed by atoms with Gasteiger partial charge in [0.2, 0.25) is 5.78 Å². The quantitative estimate of drug-likeness (QED) is 0.837. The minimum atomic E-state index is -5.00. The molecule has 0 fully saturated rings. The van der Waals surface area contributed by atoms with E-state index >= 15 is 0 Å². The Morgan fingerprint density at radius 1 is 1.45 bits per heavy atom. The number of carbonyl (C=O) groups excluding carboxylic acids is 2. The summed E-state index contributed by atoms with van der Waals surface area (Å²) in [5.74, 6) is -2.80. The lowest BCUT2D eigenvalue weighted by Gasteiger charge is -2.12. The molecular weight excluding hydrogens is 279 g/mol. The fraction of sp³-hybridized carbons (Fsp3) is 0.417. The van der Waals surface area contributed by atoms with Crippen molar-refractivity contribution >= 4 is 11.8 Å². The molecule has 1 heterocycles. The van der Waals surface area contributed by atoms with Crippen molar-refractivity contribution in [3.05, 3.63) is 29.6 Å². The van der Waals surface area contributed by atoms with Gasteiger partial charge >= 0.3 is 12.1 Å². The topological polar surface area (TPSA) is 76.5 Å². The van der Waals surface area contributed by atoms with Crippen molar-refractivity contribution in [1.29, 1.82) is 0 Å². The van der Waals surface area contributed by atoms with Crippen LogP contribution >= 0.6 is 0 Å². The summed E-state index contributed by atoms with van der Waals surface area (Å²) in [7, 11) is 0. The molecule has 0 saturated carbocycles. The summed E-state index contributed by atoms with van der Waals surface area (Å²) in [4.78, 5) is 25.8. The van der Waals surface area contributed by atoms with Gasteiger partial charge in [0.15, 0.2) is 0 Å². The van der Waals surface area contributed by atoms with Crippen LogP contribution in [0.3, 0.4) is 0 Å². The van der Waals surface area contributed by atoms with Crippen molar-refractivity contribution in [3.63, 3.8) is 0 Å². The number of Topliss-reactive ketones (excluding diaryl/α,β-unsaturated/α-hetero) is 1. The molecule has 1 rings (SSSR count). The number of pyridine rings is 1. The molecule has 1 atom stereocenters. The molecule has 20 heavy (non-hydrogen) atoms. The van der Waals surface area contributed by atoms with Gasteiger partial charge in [-0.1, -0.05) is 0 Å². The molecule has 8 heteroatoms. The predicted molar refractivity (Wildman–Crippen MR) is 60.8 cm³/mol. The summed E-state index contributed by atoms with van der Waals surface area (Å²) in [6.45, 7) is 1.69. The largest absolute Gasteiger partial charge is 0.461 e. The molecule has 0 aliphatic carbocycles. The van der Waals surface area contributed by atoms with Crippen LogP contribution in [0.4, 0.5) is 13.2 Å². The molecule has 0 bridgehead atoms. The molecular formula is C12H12F3NO4. The van der Waals surface area contributed by atoms with Crippen LogP contribution in [0.5, 0.6) is 0 Å². The van der Waals surface area contributed by atoms with E-state index in [1.807, 2.05) is 0 Å². The Labute approximate surface area is 112 Å². The fourth-order valence-corrected chi connectivity index (χ4v) is 1.38. The molecule has 0 spiro atoms. The molecule has 110 valence electrons. The zero-order valence-corrected chi connectivity index (χ0v) is 10.5. The van der Waals surface area contributed by atoms with Gasteiger partial charge in [-0.25, -0.2) is 9.78 Å². The number of esters is 1. The highest BCUT2D eigenvalue weighted by Gasteiger charge is 2.39. The normalized spacial score (nSPS) is 12.8. The van der Waals surface area contributed by atoms with Crippen LogP contribution in [0.25, 0.3) is 0 Å². The van der Waals surface area contributed by atoms with Gasteiger partial charge in [0.25, 0.3) is 0 Å². The number of rotatable bonds is 5. The van der Waals surface area contributed by atoms with E-state index < -0.39 is 30.5 Å². The highest BCUT2D eigenvalue weighted by Crippen LogP contribution is 2.24. The Bertz CT molecular complexity index is 502. The smallest absolute Gasteiger partial charge is 0.450 e. The number of ether oxygens (including phenoxy) is 1. The van der Waals surface area contributed by atoms with Crippen molar-refractivity contribution in [2.75, 3.05) is 6.61 Å². The van der Waals surface area contributed by atoms with Crippen LogP contribution in [-0.2, 0) is 9.53 Å². The molecule has 0 amide bonds. The Kier molecular flexibility index (Phi) is 5.20. The number of nitrogens with zero attached hydrogens (tertiary/aromatic N) is 1.